The summed E-state index contributed by atoms with van der Waals surface area (Å²) in [5.74, 6) is 1.37. The van der Waals surface area contributed by atoms with Crippen molar-refractivity contribution >= 4 is 5.84 Å². The van der Waals surface area contributed by atoms with E-state index in [0.717, 1.165) is 41.3 Å². The Bertz CT molecular complexity index is 736. The van der Waals surface area contributed by atoms with Crippen molar-refractivity contribution in [2.45, 2.75) is 26.0 Å². The highest BCUT2D eigenvalue weighted by atomic mass is 16.5. The van der Waals surface area contributed by atoms with E-state index in [0.29, 0.717) is 25.5 Å². The summed E-state index contributed by atoms with van der Waals surface area (Å²) in [5.41, 5.74) is 10.2. The lowest BCUT2D eigenvalue weighted by Gasteiger charge is -2.37. The van der Waals surface area contributed by atoms with Crippen molar-refractivity contribution in [1.82, 2.24) is 10.2 Å². The number of hydrogen-bond acceptors (Lipinski definition) is 7. The largest absolute Gasteiger partial charge is 0.497 e. The minimum atomic E-state index is -0.0392. The van der Waals surface area contributed by atoms with Crippen LogP contribution in [0.4, 0.5) is 0 Å². The van der Waals surface area contributed by atoms with Crippen LogP contribution in [-0.4, -0.2) is 74.5 Å². The molecule has 7 heteroatoms. The van der Waals surface area contributed by atoms with E-state index >= 15 is 0 Å². The lowest BCUT2D eigenvalue weighted by Crippen LogP contribution is -2.48. The van der Waals surface area contributed by atoms with Crippen LogP contribution in [0.25, 0.3) is 0 Å². The third-order valence-electron chi connectivity index (χ3n) is 5.48. The Hall–Kier alpha value is -2.09. The highest BCUT2D eigenvalue weighted by molar-refractivity contribution is 6.02. The molecule has 2 aliphatic heterocycles. The summed E-state index contributed by atoms with van der Waals surface area (Å²) >= 11 is 0. The Kier molecular flexibility index (Phi) is 6.59. The molecule has 3 aliphatic rings. The number of fused-ring (bicyclic) bond motifs is 1. The van der Waals surface area contributed by atoms with E-state index in [1.165, 1.54) is 0 Å². The number of aliphatic imine (C=N–C) groups is 1. The first-order valence-corrected chi connectivity index (χ1v) is 9.81. The number of nitrogens with two attached hydrogens (primary N) is 1. The van der Waals surface area contributed by atoms with Crippen molar-refractivity contribution in [3.05, 3.63) is 46.9 Å². The molecule has 3 atom stereocenters. The van der Waals surface area contributed by atoms with Gasteiger partial charge in [-0.05, 0) is 37.1 Å². The maximum Gasteiger partial charge on any atom is 0.128 e. The fraction of sp³-hybridized carbons (Fsp3) is 0.571. The average molecular weight is 389 g/mol. The number of nitrogens with zero attached hydrogens (tertiary/aromatic N) is 2. The third kappa shape index (κ3) is 4.32. The zero-order chi connectivity index (χ0) is 20.3. The van der Waals surface area contributed by atoms with E-state index in [1.807, 2.05) is 13.0 Å². The Labute approximate surface area is 167 Å². The average Bonchev–Trinajstić information content (AvgIpc) is 2.66. The van der Waals surface area contributed by atoms with E-state index in [1.54, 1.807) is 7.11 Å². The molecule has 7 nitrogen and oxygen atoms in total. The number of morpholine rings is 1. The second-order valence-electron chi connectivity index (χ2n) is 7.61. The van der Waals surface area contributed by atoms with Crippen LogP contribution in [0, 0.1) is 5.92 Å². The second kappa shape index (κ2) is 8.94. The molecule has 0 spiro atoms. The molecule has 1 fully saturated rings. The number of nitrogens with one attached hydrogen (secondary N) is 1. The lowest BCUT2D eigenvalue weighted by molar-refractivity contribution is -0.0301. The van der Waals surface area contributed by atoms with Crippen LogP contribution in [0.3, 0.4) is 0 Å². The first-order chi connectivity index (χ1) is 13.4. The van der Waals surface area contributed by atoms with Gasteiger partial charge < -0.3 is 25.6 Å². The minimum Gasteiger partial charge on any atom is -0.497 e. The molecule has 28 heavy (non-hydrogen) atoms. The van der Waals surface area contributed by atoms with E-state index in [9.17, 15) is 5.11 Å². The van der Waals surface area contributed by atoms with Gasteiger partial charge in [-0.1, -0.05) is 6.58 Å². The number of amidine groups is 1. The van der Waals surface area contributed by atoms with Crippen molar-refractivity contribution in [2.24, 2.45) is 16.6 Å². The molecule has 0 bridgehead atoms. The summed E-state index contributed by atoms with van der Waals surface area (Å²) in [5, 5.41) is 12.8. The maximum atomic E-state index is 9.20. The summed E-state index contributed by atoms with van der Waals surface area (Å²) in [6.07, 6.45) is 4.15. The van der Waals surface area contributed by atoms with E-state index in [4.69, 9.17) is 20.2 Å². The monoisotopic (exact) mass is 388 g/mol. The van der Waals surface area contributed by atoms with Crippen LogP contribution in [0.15, 0.2) is 51.9 Å². The van der Waals surface area contributed by atoms with Gasteiger partial charge >= 0.3 is 0 Å². The first-order valence-electron chi connectivity index (χ1n) is 9.81. The zero-order valence-corrected chi connectivity index (χ0v) is 17.1. The summed E-state index contributed by atoms with van der Waals surface area (Å²) < 4.78 is 11.4. The Morgan fingerprint density at radius 3 is 3.00 bits per heavy atom. The van der Waals surface area contributed by atoms with Crippen LogP contribution < -0.4 is 11.1 Å². The van der Waals surface area contributed by atoms with Gasteiger partial charge in [0, 0.05) is 43.4 Å². The number of methoxy groups -OCH3 is 1. The predicted molar refractivity (Wildman–Crippen MR) is 111 cm³/mol. The van der Waals surface area contributed by atoms with Crippen LogP contribution >= 0.6 is 0 Å². The highest BCUT2D eigenvalue weighted by Crippen LogP contribution is 2.36. The molecule has 0 saturated carbocycles. The zero-order valence-electron chi connectivity index (χ0n) is 17.1. The molecule has 0 aromatic heterocycles. The first kappa shape index (κ1) is 20.6. The molecular formula is C21H32N4O3. The Morgan fingerprint density at radius 2 is 2.32 bits per heavy atom. The predicted octanol–water partition coefficient (Wildman–Crippen LogP) is 0.945. The standard InChI is InChI=1S/C21H32N4O3/c1-13(2)18-20(23-11-16-12-25(5-7-26)6-8-28-16)17-10-15(27-4)9-14(3)19(17)24-21(18)22/h9-10,16-17,19,23,26H,1,5-8,11-12H2,2-4H3,(H2,22,24). The van der Waals surface area contributed by atoms with Crippen molar-refractivity contribution in [3.8, 4) is 0 Å². The van der Waals surface area contributed by atoms with Gasteiger partial charge in [-0.3, -0.25) is 9.89 Å². The molecule has 154 valence electrons. The van der Waals surface area contributed by atoms with E-state index < -0.39 is 0 Å². The topological polar surface area (TPSA) is 92.3 Å². The van der Waals surface area contributed by atoms with Gasteiger partial charge in [0.1, 0.15) is 11.6 Å². The Balaban J connectivity index is 1.83. The van der Waals surface area contributed by atoms with E-state index in [2.05, 4.69) is 29.8 Å². The molecule has 2 heterocycles. The number of hydrogen-bond donors (Lipinski definition) is 3. The molecule has 1 aliphatic carbocycles. The van der Waals surface area contributed by atoms with Crippen LogP contribution in [0.2, 0.25) is 0 Å². The third-order valence-corrected chi connectivity index (χ3v) is 5.48. The van der Waals surface area contributed by atoms with Crippen molar-refractivity contribution in [1.29, 1.82) is 0 Å². The second-order valence-corrected chi connectivity index (χ2v) is 7.61. The van der Waals surface area contributed by atoms with Crippen molar-refractivity contribution in [3.63, 3.8) is 0 Å². The summed E-state index contributed by atoms with van der Waals surface area (Å²) in [6.45, 7) is 11.9. The number of rotatable bonds is 7. The quantitative estimate of drug-likeness (QED) is 0.601. The number of ether oxygens (including phenoxy) is 2. The molecule has 0 aromatic carbocycles. The number of aliphatic hydroxyl groups excluding tert-OH is 1. The van der Waals surface area contributed by atoms with Gasteiger partial charge in [0.2, 0.25) is 0 Å². The molecule has 0 amide bonds. The SMILES string of the molecule is C=C(C)C1=C(NCC2CN(CCO)CCO2)C2C=C(OC)C=C(C)C2N=C1N. The van der Waals surface area contributed by atoms with E-state index in [-0.39, 0.29) is 24.7 Å². The van der Waals surface area contributed by atoms with Crippen LogP contribution in [0.5, 0.6) is 0 Å². The fourth-order valence-corrected chi connectivity index (χ4v) is 4.11. The molecule has 3 unspecified atom stereocenters. The normalized spacial score (nSPS) is 28.1. The van der Waals surface area contributed by atoms with Gasteiger partial charge in [0.15, 0.2) is 0 Å². The van der Waals surface area contributed by atoms with Crippen molar-refractivity contribution < 1.29 is 14.6 Å². The smallest absolute Gasteiger partial charge is 0.128 e. The lowest BCUT2D eigenvalue weighted by atomic mass is 9.81. The molecule has 0 radical (unpaired) electrons. The molecular weight excluding hydrogens is 356 g/mol. The number of allylic oxidation sites excluding steroid dienone is 1. The molecule has 0 aromatic rings. The van der Waals surface area contributed by atoms with Crippen LogP contribution in [0.1, 0.15) is 13.8 Å². The van der Waals surface area contributed by atoms with Crippen LogP contribution in [-0.2, 0) is 9.47 Å². The summed E-state index contributed by atoms with van der Waals surface area (Å²) in [4.78, 5) is 6.96. The van der Waals surface area contributed by atoms with Gasteiger partial charge in [0.25, 0.3) is 0 Å². The summed E-state index contributed by atoms with van der Waals surface area (Å²) in [6, 6.07) is -0.0392. The summed E-state index contributed by atoms with van der Waals surface area (Å²) in [7, 11) is 1.68. The molecule has 4 N–H and O–H groups in total. The van der Waals surface area contributed by atoms with Gasteiger partial charge in [0.05, 0.1) is 32.5 Å². The molecule has 1 saturated heterocycles. The Morgan fingerprint density at radius 1 is 1.54 bits per heavy atom. The number of aliphatic hydroxyl groups is 1. The maximum absolute atomic E-state index is 9.20. The fourth-order valence-electron chi connectivity index (χ4n) is 4.11. The number of dihydropyridines is 1. The van der Waals surface area contributed by atoms with Gasteiger partial charge in [-0.2, -0.15) is 0 Å². The van der Waals surface area contributed by atoms with Gasteiger partial charge in [-0.25, -0.2) is 0 Å². The van der Waals surface area contributed by atoms with Gasteiger partial charge in [-0.15, -0.1) is 0 Å². The molecule has 3 rings (SSSR count). The number of β-amino-alcohol motifs (C(OH)–C–C–N with tert-alkyl or cyclic N) is 1. The van der Waals surface area contributed by atoms with Crippen molar-refractivity contribution in [2.75, 3.05) is 46.5 Å². The highest BCUT2D eigenvalue weighted by Gasteiger charge is 2.35. The minimum absolute atomic E-state index is 0.0242.